The molecule has 2 aliphatic rings. The monoisotopic (exact) mass is 660 g/mol. The van der Waals surface area contributed by atoms with Crippen molar-refractivity contribution >= 4 is 58.5 Å². The van der Waals surface area contributed by atoms with Gasteiger partial charge in [-0.25, -0.2) is 4.79 Å². The van der Waals surface area contributed by atoms with E-state index >= 15 is 0 Å². The third kappa shape index (κ3) is 6.73. The molecule has 2 atom stereocenters. The van der Waals surface area contributed by atoms with Crippen molar-refractivity contribution in [3.05, 3.63) is 91.0 Å². The maximum Gasteiger partial charge on any atom is 0.410 e. The molecule has 3 aromatic rings. The number of carbonyl (C=O) groups excluding carboxylic acids is 2. The molecule has 5 nitrogen and oxygen atoms in total. The van der Waals surface area contributed by atoms with E-state index in [1.807, 2.05) is 39.0 Å². The summed E-state index contributed by atoms with van der Waals surface area (Å²) in [4.78, 5) is 30.9. The minimum atomic E-state index is -2.29. The Bertz CT molecular complexity index is 1150. The highest BCUT2D eigenvalue weighted by molar-refractivity contribution is 8.59. The summed E-state index contributed by atoms with van der Waals surface area (Å²) in [5, 5.41) is 3.69. The lowest BCUT2D eigenvalue weighted by Crippen LogP contribution is -3.00. The largest absolute Gasteiger partial charge is 1.00 e. The van der Waals surface area contributed by atoms with Gasteiger partial charge in [0.15, 0.2) is 5.66 Å². The summed E-state index contributed by atoms with van der Waals surface area (Å²) in [5.41, 5.74) is -0.676. The Morgan fingerprint density at radius 2 is 1.25 bits per heavy atom. The number of benzene rings is 3. The van der Waals surface area contributed by atoms with Crippen molar-refractivity contribution in [1.82, 2.24) is 9.80 Å². The summed E-state index contributed by atoms with van der Waals surface area (Å²) in [5.74, 6) is 0.209. The van der Waals surface area contributed by atoms with E-state index in [0.717, 1.165) is 12.8 Å². The van der Waals surface area contributed by atoms with Crippen molar-refractivity contribution in [1.29, 1.82) is 0 Å². The lowest BCUT2D eigenvalue weighted by molar-refractivity contribution is -0.129. The molecule has 2 fully saturated rings. The molecule has 3 aromatic carbocycles. The van der Waals surface area contributed by atoms with E-state index in [9.17, 15) is 9.59 Å². The van der Waals surface area contributed by atoms with Gasteiger partial charge in [-0.05, 0) is 63.6 Å². The van der Waals surface area contributed by atoms with Crippen LogP contribution >= 0.6 is 30.6 Å². The van der Waals surface area contributed by atoms with Crippen molar-refractivity contribution in [2.45, 2.75) is 50.9 Å². The van der Waals surface area contributed by atoms with E-state index in [0.29, 0.717) is 19.6 Å². The highest BCUT2D eigenvalue weighted by Gasteiger charge is 2.59. The third-order valence-corrected chi connectivity index (χ3v) is 12.2. The van der Waals surface area contributed by atoms with Crippen molar-refractivity contribution in [3.8, 4) is 0 Å². The zero-order chi connectivity index (χ0) is 28.0. The van der Waals surface area contributed by atoms with Crippen LogP contribution in [0.25, 0.3) is 0 Å². The molecule has 1 unspecified atom stereocenters. The van der Waals surface area contributed by atoms with Gasteiger partial charge in [0.05, 0.1) is 6.04 Å². The number of ether oxygens (including phenoxy) is 1. The van der Waals surface area contributed by atoms with E-state index < -0.39 is 12.9 Å². The van der Waals surface area contributed by atoms with Crippen LogP contribution in [0, 0.1) is 0 Å². The molecule has 5 rings (SSSR count). The van der Waals surface area contributed by atoms with E-state index in [4.69, 9.17) is 4.74 Å². The number of thiol groups is 2. The van der Waals surface area contributed by atoms with Gasteiger partial charge in [-0.3, -0.25) is 4.79 Å². The van der Waals surface area contributed by atoms with Crippen LogP contribution in [0.5, 0.6) is 0 Å². The molecule has 214 valence electrons. The van der Waals surface area contributed by atoms with Crippen LogP contribution in [0.15, 0.2) is 91.0 Å². The van der Waals surface area contributed by atoms with Crippen molar-refractivity contribution in [2.75, 3.05) is 19.6 Å². The Labute approximate surface area is 260 Å². The molecule has 0 radical (unpaired) electrons. The standard InChI is InChI=1S/C31H36N2O3P.BrH.H2S2/c1-31(2,3)36-30(35)32-21-19-24(23-32)33-22-20-28(29(33)34)37(25-13-7-4-8-14-25,26-15-9-5-10-16-26)27-17-11-6-12-18-27;;1-2/h4-18,24,28H,19-23H2,1-3H3;1H;1-2H/q+1;;/p-1/t24-,28?;;/m0../s1. The second-order valence-electron chi connectivity index (χ2n) is 10.9. The Balaban J connectivity index is 0.00000144. The Morgan fingerprint density at radius 1 is 0.800 bits per heavy atom. The van der Waals surface area contributed by atoms with Gasteiger partial charge in [-0.1, -0.05) is 54.6 Å². The number of halogens is 1. The van der Waals surface area contributed by atoms with E-state index in [1.54, 1.807) is 4.90 Å². The Morgan fingerprint density at radius 3 is 1.68 bits per heavy atom. The van der Waals surface area contributed by atoms with Gasteiger partial charge < -0.3 is 31.5 Å². The molecule has 40 heavy (non-hydrogen) atoms. The van der Waals surface area contributed by atoms with Gasteiger partial charge in [0.25, 0.3) is 5.91 Å². The van der Waals surface area contributed by atoms with Gasteiger partial charge >= 0.3 is 6.09 Å². The number of rotatable bonds is 5. The molecule has 2 aliphatic heterocycles. The lowest BCUT2D eigenvalue weighted by Gasteiger charge is -2.32. The van der Waals surface area contributed by atoms with Crippen molar-refractivity contribution in [3.63, 3.8) is 0 Å². The summed E-state index contributed by atoms with van der Waals surface area (Å²) >= 11 is 6.44. The molecule has 0 bridgehead atoms. The maximum atomic E-state index is 14.4. The zero-order valence-corrected chi connectivity index (χ0v) is 27.5. The molecular weight excluding hydrogens is 623 g/mol. The normalized spacial score (nSPS) is 19.0. The van der Waals surface area contributed by atoms with Gasteiger partial charge in [-0.15, -0.1) is 23.3 Å². The molecule has 2 amide bonds. The van der Waals surface area contributed by atoms with Crippen LogP contribution in [-0.4, -0.2) is 58.7 Å². The first-order valence-corrected chi connectivity index (χ1v) is 16.8. The van der Waals surface area contributed by atoms with Crippen LogP contribution in [0.2, 0.25) is 0 Å². The highest BCUT2D eigenvalue weighted by Crippen LogP contribution is 2.62. The quantitative estimate of drug-likeness (QED) is 0.251. The van der Waals surface area contributed by atoms with E-state index in [-0.39, 0.29) is 40.7 Å². The van der Waals surface area contributed by atoms with Crippen molar-refractivity contribution < 1.29 is 31.3 Å². The van der Waals surface area contributed by atoms with E-state index in [2.05, 4.69) is 101 Å². The Hall–Kier alpha value is -1.99. The summed E-state index contributed by atoms with van der Waals surface area (Å²) in [7, 11) is -2.29. The van der Waals surface area contributed by atoms with Gasteiger partial charge in [-0.2, -0.15) is 0 Å². The first-order valence-electron chi connectivity index (χ1n) is 13.3. The molecule has 0 saturated carbocycles. The van der Waals surface area contributed by atoms with Gasteiger partial charge in [0, 0.05) is 26.1 Å². The molecule has 0 spiro atoms. The van der Waals surface area contributed by atoms with Crippen LogP contribution in [0.1, 0.15) is 33.6 Å². The van der Waals surface area contributed by atoms with Gasteiger partial charge in [0.1, 0.15) is 28.8 Å². The predicted octanol–water partition coefficient (Wildman–Crippen LogP) is 2.36. The van der Waals surface area contributed by atoms with Crippen molar-refractivity contribution in [2.24, 2.45) is 0 Å². The zero-order valence-electron chi connectivity index (χ0n) is 23.2. The highest BCUT2D eigenvalue weighted by atomic mass is 79.9. The number of nitrogens with zero attached hydrogens (tertiary/aromatic N) is 2. The summed E-state index contributed by atoms with van der Waals surface area (Å²) in [6.07, 6.45) is 1.29. The second-order valence-corrected chi connectivity index (χ2v) is 14.6. The predicted molar refractivity (Wildman–Crippen MR) is 169 cm³/mol. The molecule has 0 aromatic heterocycles. The third-order valence-electron chi connectivity index (χ3n) is 7.43. The number of hydrogen-bond acceptors (Lipinski definition) is 5. The van der Waals surface area contributed by atoms with Crippen LogP contribution in [0.3, 0.4) is 0 Å². The number of hydrogen-bond donors (Lipinski definition) is 2. The summed E-state index contributed by atoms with van der Waals surface area (Å²) in [6, 6.07) is 31.9. The minimum absolute atomic E-state index is 0. The summed E-state index contributed by atoms with van der Waals surface area (Å²) in [6.45, 7) is 7.50. The fraction of sp³-hybridized carbons (Fsp3) is 0.355. The lowest BCUT2D eigenvalue weighted by atomic mass is 10.2. The molecule has 0 aliphatic carbocycles. The number of likely N-dealkylation sites (tertiary alicyclic amines) is 2. The fourth-order valence-electron chi connectivity index (χ4n) is 5.87. The average Bonchev–Trinajstić information content (AvgIpc) is 3.59. The molecular formula is C31H38BrN2O3PS2. The van der Waals surface area contributed by atoms with Gasteiger partial charge in [0.2, 0.25) is 0 Å². The number of amides is 2. The topological polar surface area (TPSA) is 49.9 Å². The molecule has 0 N–H and O–H groups in total. The first kappa shape index (κ1) is 32.5. The van der Waals surface area contributed by atoms with Crippen LogP contribution in [0.4, 0.5) is 4.79 Å². The van der Waals surface area contributed by atoms with Crippen LogP contribution < -0.4 is 32.9 Å². The smallest absolute Gasteiger partial charge is 0.410 e. The fourth-order valence-corrected chi connectivity index (χ4v) is 10.8. The molecule has 2 saturated heterocycles. The Kier molecular flexibility index (Phi) is 11.6. The second kappa shape index (κ2) is 14.3. The molecule has 2 heterocycles. The van der Waals surface area contributed by atoms with Crippen LogP contribution in [-0.2, 0) is 9.53 Å². The maximum absolute atomic E-state index is 14.4. The molecule has 9 heteroatoms. The first-order chi connectivity index (χ1) is 18.8. The SMILES string of the molecule is CC(C)(C)OC(=O)N1CC[C@H](N2CCC([P+](c3ccccc3)(c3ccccc3)c3ccccc3)C2=O)C1.SS.[Br-]. The minimum Gasteiger partial charge on any atom is -1.00 e. The summed E-state index contributed by atoms with van der Waals surface area (Å²) < 4.78 is 5.60. The average molecular weight is 662 g/mol. The van der Waals surface area contributed by atoms with E-state index in [1.165, 1.54) is 15.9 Å². The number of carbonyl (C=O) groups is 2.